The van der Waals surface area contributed by atoms with Crippen molar-refractivity contribution in [2.24, 2.45) is 0 Å². The third-order valence-electron chi connectivity index (χ3n) is 4.94. The minimum atomic E-state index is -0.869. The first-order chi connectivity index (χ1) is 12.8. The molecular formula is C19H24ClFN4O2. The van der Waals surface area contributed by atoms with Gasteiger partial charge in [-0.05, 0) is 45.1 Å². The second kappa shape index (κ2) is 8.27. The van der Waals surface area contributed by atoms with E-state index in [-0.39, 0.29) is 10.9 Å². The fraction of sp³-hybridized carbons (Fsp3) is 0.474. The summed E-state index contributed by atoms with van der Waals surface area (Å²) in [6.07, 6.45) is 2.60. The maximum atomic E-state index is 13.5. The standard InChI is InChI=1S/C19H24ClFN4O2/c1-23(2)9-10-25-12-17(14-3-4-16(21)15(20)11-14)22-18(25)13-5-7-24(8-6-13)19(26)27/h3-4,11-13H,5-10H2,1-2H3,(H,26,27). The molecular weight excluding hydrogens is 371 g/mol. The Balaban J connectivity index is 1.88. The smallest absolute Gasteiger partial charge is 0.407 e. The SMILES string of the molecule is CN(C)CCn1cc(-c2ccc(F)c(Cl)c2)nc1C1CCN(C(=O)O)CC1. The number of hydrogen-bond donors (Lipinski definition) is 1. The molecule has 1 saturated heterocycles. The number of carbonyl (C=O) groups is 1. The number of aromatic nitrogens is 2. The average Bonchev–Trinajstić information content (AvgIpc) is 3.06. The number of imidazole rings is 1. The number of rotatable bonds is 5. The monoisotopic (exact) mass is 394 g/mol. The lowest BCUT2D eigenvalue weighted by molar-refractivity contribution is 0.131. The molecule has 1 amide bonds. The van der Waals surface area contributed by atoms with Crippen LogP contribution in [0, 0.1) is 5.82 Å². The Morgan fingerprint density at radius 2 is 2.07 bits per heavy atom. The van der Waals surface area contributed by atoms with Gasteiger partial charge >= 0.3 is 6.09 Å². The highest BCUT2D eigenvalue weighted by atomic mass is 35.5. The molecule has 0 bridgehead atoms. The minimum Gasteiger partial charge on any atom is -0.465 e. The van der Waals surface area contributed by atoms with Crippen LogP contribution in [-0.2, 0) is 6.54 Å². The van der Waals surface area contributed by atoms with Crippen molar-refractivity contribution in [3.8, 4) is 11.3 Å². The Labute approximate surface area is 163 Å². The summed E-state index contributed by atoms with van der Waals surface area (Å²) in [6.45, 7) is 2.67. The second-order valence-corrected chi connectivity index (χ2v) is 7.56. The van der Waals surface area contributed by atoms with Gasteiger partial charge in [0.25, 0.3) is 0 Å². The third kappa shape index (κ3) is 4.59. The average molecular weight is 395 g/mol. The first-order valence-electron chi connectivity index (χ1n) is 9.00. The number of likely N-dealkylation sites (N-methyl/N-ethyl adjacent to an activating group) is 1. The van der Waals surface area contributed by atoms with Gasteiger partial charge in [-0.15, -0.1) is 0 Å². The number of carboxylic acid groups (broad SMARTS) is 1. The highest BCUT2D eigenvalue weighted by Crippen LogP contribution is 2.31. The van der Waals surface area contributed by atoms with Crippen LogP contribution >= 0.6 is 11.6 Å². The van der Waals surface area contributed by atoms with Crippen molar-refractivity contribution in [1.29, 1.82) is 0 Å². The molecule has 0 atom stereocenters. The fourth-order valence-electron chi connectivity index (χ4n) is 3.37. The van der Waals surface area contributed by atoms with Crippen molar-refractivity contribution in [2.75, 3.05) is 33.7 Å². The van der Waals surface area contributed by atoms with E-state index in [1.165, 1.54) is 11.0 Å². The van der Waals surface area contributed by atoms with E-state index in [0.29, 0.717) is 13.1 Å². The van der Waals surface area contributed by atoms with Gasteiger partial charge in [-0.3, -0.25) is 0 Å². The van der Waals surface area contributed by atoms with E-state index < -0.39 is 11.9 Å². The van der Waals surface area contributed by atoms with E-state index in [2.05, 4.69) is 9.47 Å². The highest BCUT2D eigenvalue weighted by molar-refractivity contribution is 6.31. The predicted octanol–water partition coefficient (Wildman–Crippen LogP) is 3.76. The summed E-state index contributed by atoms with van der Waals surface area (Å²) in [5.74, 6) is 0.707. The van der Waals surface area contributed by atoms with Crippen LogP contribution in [0.25, 0.3) is 11.3 Å². The van der Waals surface area contributed by atoms with Gasteiger partial charge in [0.1, 0.15) is 11.6 Å². The molecule has 8 heteroatoms. The zero-order chi connectivity index (χ0) is 19.6. The van der Waals surface area contributed by atoms with E-state index in [1.54, 1.807) is 12.1 Å². The molecule has 0 aliphatic carbocycles. The Bertz CT molecular complexity index is 816. The molecule has 2 heterocycles. The fourth-order valence-corrected chi connectivity index (χ4v) is 3.55. The summed E-state index contributed by atoms with van der Waals surface area (Å²) in [5.41, 5.74) is 1.53. The molecule has 2 aromatic rings. The van der Waals surface area contributed by atoms with Crippen LogP contribution in [-0.4, -0.2) is 64.3 Å². The topological polar surface area (TPSA) is 61.6 Å². The first-order valence-corrected chi connectivity index (χ1v) is 9.38. The van der Waals surface area contributed by atoms with Crippen molar-refractivity contribution in [1.82, 2.24) is 19.4 Å². The van der Waals surface area contributed by atoms with E-state index in [9.17, 15) is 9.18 Å². The molecule has 1 aromatic carbocycles. The van der Waals surface area contributed by atoms with Crippen molar-refractivity contribution < 1.29 is 14.3 Å². The van der Waals surface area contributed by atoms with Crippen molar-refractivity contribution >= 4 is 17.7 Å². The number of halogens is 2. The molecule has 1 aromatic heterocycles. The van der Waals surface area contributed by atoms with Crippen molar-refractivity contribution in [3.63, 3.8) is 0 Å². The first kappa shape index (κ1) is 19.6. The Hall–Kier alpha value is -2.12. The third-order valence-corrected chi connectivity index (χ3v) is 5.23. The van der Waals surface area contributed by atoms with Crippen LogP contribution in [0.3, 0.4) is 0 Å². The molecule has 3 rings (SSSR count). The van der Waals surface area contributed by atoms with E-state index >= 15 is 0 Å². The van der Waals surface area contributed by atoms with Crippen LogP contribution in [0.2, 0.25) is 5.02 Å². The van der Waals surface area contributed by atoms with Crippen LogP contribution in [0.1, 0.15) is 24.6 Å². The second-order valence-electron chi connectivity index (χ2n) is 7.15. The molecule has 1 fully saturated rings. The van der Waals surface area contributed by atoms with Gasteiger partial charge in [0.05, 0.1) is 10.7 Å². The van der Waals surface area contributed by atoms with Gasteiger partial charge in [-0.25, -0.2) is 14.2 Å². The van der Waals surface area contributed by atoms with Gasteiger partial charge in [0.15, 0.2) is 0 Å². The molecule has 0 spiro atoms. The van der Waals surface area contributed by atoms with Crippen LogP contribution < -0.4 is 0 Å². The minimum absolute atomic E-state index is 0.0756. The Morgan fingerprint density at radius 3 is 2.67 bits per heavy atom. The van der Waals surface area contributed by atoms with E-state index in [4.69, 9.17) is 21.7 Å². The summed E-state index contributed by atoms with van der Waals surface area (Å²) >= 11 is 5.93. The van der Waals surface area contributed by atoms with E-state index in [1.807, 2.05) is 20.3 Å². The van der Waals surface area contributed by atoms with Gasteiger partial charge < -0.3 is 19.5 Å². The summed E-state index contributed by atoms with van der Waals surface area (Å²) < 4.78 is 15.6. The molecule has 1 aliphatic rings. The maximum absolute atomic E-state index is 13.5. The largest absolute Gasteiger partial charge is 0.465 e. The zero-order valence-electron chi connectivity index (χ0n) is 15.5. The van der Waals surface area contributed by atoms with Gasteiger partial charge in [0, 0.05) is 43.9 Å². The number of likely N-dealkylation sites (tertiary alicyclic amines) is 1. The Kier molecular flexibility index (Phi) is 6.01. The quantitative estimate of drug-likeness (QED) is 0.838. The van der Waals surface area contributed by atoms with Gasteiger partial charge in [-0.2, -0.15) is 0 Å². The lowest BCUT2D eigenvalue weighted by Gasteiger charge is -2.30. The van der Waals surface area contributed by atoms with E-state index in [0.717, 1.165) is 43.0 Å². The molecule has 0 saturated carbocycles. The number of hydrogen-bond acceptors (Lipinski definition) is 3. The predicted molar refractivity (Wildman–Crippen MR) is 103 cm³/mol. The molecule has 1 N–H and O–H groups in total. The molecule has 27 heavy (non-hydrogen) atoms. The highest BCUT2D eigenvalue weighted by Gasteiger charge is 2.27. The Morgan fingerprint density at radius 1 is 1.37 bits per heavy atom. The number of benzene rings is 1. The number of amides is 1. The van der Waals surface area contributed by atoms with Crippen LogP contribution in [0.15, 0.2) is 24.4 Å². The lowest BCUT2D eigenvalue weighted by Crippen LogP contribution is -2.37. The molecule has 6 nitrogen and oxygen atoms in total. The molecule has 0 radical (unpaired) electrons. The maximum Gasteiger partial charge on any atom is 0.407 e. The van der Waals surface area contributed by atoms with Crippen LogP contribution in [0.4, 0.5) is 9.18 Å². The zero-order valence-corrected chi connectivity index (χ0v) is 16.3. The van der Waals surface area contributed by atoms with Gasteiger partial charge in [-0.1, -0.05) is 11.6 Å². The molecule has 1 aliphatic heterocycles. The van der Waals surface area contributed by atoms with Crippen molar-refractivity contribution in [2.45, 2.75) is 25.3 Å². The number of nitrogens with zero attached hydrogens (tertiary/aromatic N) is 4. The summed E-state index contributed by atoms with van der Waals surface area (Å²) in [6, 6.07) is 4.62. The number of piperidine rings is 1. The summed E-state index contributed by atoms with van der Waals surface area (Å²) in [7, 11) is 4.03. The molecule has 0 unspecified atom stereocenters. The summed E-state index contributed by atoms with van der Waals surface area (Å²) in [5, 5.41) is 9.23. The lowest BCUT2D eigenvalue weighted by atomic mass is 9.96. The van der Waals surface area contributed by atoms with Gasteiger partial charge in [0.2, 0.25) is 0 Å². The summed E-state index contributed by atoms with van der Waals surface area (Å²) in [4.78, 5) is 19.5. The van der Waals surface area contributed by atoms with Crippen LogP contribution in [0.5, 0.6) is 0 Å². The van der Waals surface area contributed by atoms with Crippen molar-refractivity contribution in [3.05, 3.63) is 41.1 Å². The normalized spacial score (nSPS) is 15.5. The molecule has 146 valence electrons.